The molecule has 1 rings (SSSR count). The molecule has 0 heterocycles. The van der Waals surface area contributed by atoms with Crippen molar-refractivity contribution in [2.45, 2.75) is 4.90 Å². The van der Waals surface area contributed by atoms with Crippen molar-refractivity contribution < 1.29 is 14.6 Å². The first kappa shape index (κ1) is 15.5. The Balaban J connectivity index is 2.11. The van der Waals surface area contributed by atoms with Crippen molar-refractivity contribution in [1.29, 1.82) is 0 Å². The van der Waals surface area contributed by atoms with Crippen molar-refractivity contribution in [2.75, 3.05) is 32.1 Å². The van der Waals surface area contributed by atoms with Gasteiger partial charge in [0.15, 0.2) is 0 Å². The number of thioether (sulfide) groups is 1. The summed E-state index contributed by atoms with van der Waals surface area (Å²) in [4.78, 5) is 12.5. The molecule has 0 bridgehead atoms. The highest BCUT2D eigenvalue weighted by molar-refractivity contribution is 9.10. The van der Waals surface area contributed by atoms with Crippen LogP contribution in [-0.2, 0) is 9.53 Å². The highest BCUT2D eigenvalue weighted by atomic mass is 79.9. The van der Waals surface area contributed by atoms with Crippen LogP contribution in [0.15, 0.2) is 33.6 Å². The fourth-order valence-corrected chi connectivity index (χ4v) is 2.15. The van der Waals surface area contributed by atoms with Gasteiger partial charge in [-0.25, -0.2) is 0 Å². The zero-order valence-corrected chi connectivity index (χ0v) is 12.3. The quantitative estimate of drug-likeness (QED) is 0.561. The number of nitrogens with one attached hydrogen (secondary N) is 1. The van der Waals surface area contributed by atoms with Gasteiger partial charge in [-0.1, -0.05) is 15.9 Å². The Morgan fingerprint density at radius 2 is 2.06 bits per heavy atom. The standard InChI is InChI=1S/C12H16BrNO3S/c13-10-1-3-11(4-2-10)18-9-12(16)14-5-7-17-8-6-15/h1-4,15H,5-9H2,(H,14,16). The summed E-state index contributed by atoms with van der Waals surface area (Å²) < 4.78 is 6.06. The molecule has 1 aromatic carbocycles. The maximum absolute atomic E-state index is 11.5. The van der Waals surface area contributed by atoms with Gasteiger partial charge in [-0.05, 0) is 24.3 Å². The Kier molecular flexibility index (Phi) is 8.08. The summed E-state index contributed by atoms with van der Waals surface area (Å²) in [5.74, 6) is 0.372. The summed E-state index contributed by atoms with van der Waals surface area (Å²) in [5.41, 5.74) is 0. The number of halogens is 1. The Morgan fingerprint density at radius 1 is 1.33 bits per heavy atom. The topological polar surface area (TPSA) is 58.6 Å². The predicted molar refractivity (Wildman–Crippen MR) is 75.8 cm³/mol. The smallest absolute Gasteiger partial charge is 0.230 e. The number of benzene rings is 1. The van der Waals surface area contributed by atoms with Gasteiger partial charge in [0.05, 0.1) is 25.6 Å². The minimum Gasteiger partial charge on any atom is -0.394 e. The second kappa shape index (κ2) is 9.38. The monoisotopic (exact) mass is 333 g/mol. The normalized spacial score (nSPS) is 10.3. The first-order valence-corrected chi connectivity index (χ1v) is 7.34. The van der Waals surface area contributed by atoms with E-state index in [0.29, 0.717) is 25.5 Å². The lowest BCUT2D eigenvalue weighted by Gasteiger charge is -2.05. The van der Waals surface area contributed by atoms with Crippen LogP contribution in [0, 0.1) is 0 Å². The average Bonchev–Trinajstić information content (AvgIpc) is 2.38. The molecule has 100 valence electrons. The molecule has 0 atom stereocenters. The molecule has 18 heavy (non-hydrogen) atoms. The molecule has 0 fully saturated rings. The number of ether oxygens (including phenoxy) is 1. The summed E-state index contributed by atoms with van der Waals surface area (Å²) in [6, 6.07) is 7.82. The van der Waals surface area contributed by atoms with E-state index in [1.54, 1.807) is 0 Å². The van der Waals surface area contributed by atoms with Gasteiger partial charge in [-0.2, -0.15) is 0 Å². The zero-order chi connectivity index (χ0) is 13.2. The molecule has 4 nitrogen and oxygen atoms in total. The van der Waals surface area contributed by atoms with Crippen LogP contribution in [0.5, 0.6) is 0 Å². The third-order valence-corrected chi connectivity index (χ3v) is 3.53. The van der Waals surface area contributed by atoms with Gasteiger partial charge < -0.3 is 15.2 Å². The first-order valence-electron chi connectivity index (χ1n) is 5.56. The van der Waals surface area contributed by atoms with E-state index in [0.717, 1.165) is 9.37 Å². The molecule has 0 radical (unpaired) electrons. The lowest BCUT2D eigenvalue weighted by atomic mass is 10.4. The Morgan fingerprint density at radius 3 is 2.72 bits per heavy atom. The number of aliphatic hydroxyl groups excluding tert-OH is 1. The van der Waals surface area contributed by atoms with E-state index in [1.165, 1.54) is 11.8 Å². The molecular formula is C12H16BrNO3S. The molecule has 0 aliphatic heterocycles. The van der Waals surface area contributed by atoms with Crippen LogP contribution in [0.25, 0.3) is 0 Å². The fraction of sp³-hybridized carbons (Fsp3) is 0.417. The van der Waals surface area contributed by atoms with Crippen molar-refractivity contribution in [3.63, 3.8) is 0 Å². The van der Waals surface area contributed by atoms with Gasteiger partial charge in [-0.15, -0.1) is 11.8 Å². The van der Waals surface area contributed by atoms with Crippen LogP contribution in [-0.4, -0.2) is 43.1 Å². The highest BCUT2D eigenvalue weighted by Gasteiger charge is 2.02. The van der Waals surface area contributed by atoms with Gasteiger partial charge in [0, 0.05) is 15.9 Å². The number of carbonyl (C=O) groups is 1. The Hall–Kier alpha value is -0.560. The largest absolute Gasteiger partial charge is 0.394 e. The molecular weight excluding hydrogens is 318 g/mol. The number of hydrogen-bond acceptors (Lipinski definition) is 4. The van der Waals surface area contributed by atoms with Crippen LogP contribution in [0.3, 0.4) is 0 Å². The minimum atomic E-state index is -0.0180. The SMILES string of the molecule is O=C(CSc1ccc(Br)cc1)NCCOCCO. The van der Waals surface area contributed by atoms with E-state index >= 15 is 0 Å². The number of amides is 1. The van der Waals surface area contributed by atoms with E-state index in [1.807, 2.05) is 24.3 Å². The lowest BCUT2D eigenvalue weighted by molar-refractivity contribution is -0.118. The van der Waals surface area contributed by atoms with E-state index < -0.39 is 0 Å². The number of hydrogen-bond donors (Lipinski definition) is 2. The second-order valence-corrected chi connectivity index (χ2v) is 5.39. The molecule has 1 amide bonds. The molecule has 1 aromatic rings. The summed E-state index contributed by atoms with van der Waals surface area (Å²) in [5, 5.41) is 11.2. The average molecular weight is 334 g/mol. The minimum absolute atomic E-state index is 0.00731. The van der Waals surface area contributed by atoms with Gasteiger partial charge in [0.25, 0.3) is 0 Å². The first-order chi connectivity index (χ1) is 8.72. The molecule has 0 spiro atoms. The van der Waals surface area contributed by atoms with Crippen molar-refractivity contribution in [2.24, 2.45) is 0 Å². The summed E-state index contributed by atoms with van der Waals surface area (Å²) in [6.45, 7) is 1.21. The van der Waals surface area contributed by atoms with Crippen LogP contribution < -0.4 is 5.32 Å². The summed E-state index contributed by atoms with van der Waals surface area (Å²) in [6.07, 6.45) is 0. The molecule has 2 N–H and O–H groups in total. The van der Waals surface area contributed by atoms with E-state index in [9.17, 15) is 4.79 Å². The molecule has 0 aliphatic rings. The molecule has 0 saturated heterocycles. The maximum atomic E-state index is 11.5. The fourth-order valence-electron chi connectivity index (χ4n) is 1.16. The van der Waals surface area contributed by atoms with Gasteiger partial charge in [-0.3, -0.25) is 4.79 Å². The van der Waals surface area contributed by atoms with E-state index in [2.05, 4.69) is 21.2 Å². The third-order valence-electron chi connectivity index (χ3n) is 1.99. The van der Waals surface area contributed by atoms with Gasteiger partial charge in [0.1, 0.15) is 0 Å². The van der Waals surface area contributed by atoms with E-state index in [4.69, 9.17) is 9.84 Å². The van der Waals surface area contributed by atoms with Crippen LogP contribution >= 0.6 is 27.7 Å². The second-order valence-electron chi connectivity index (χ2n) is 3.43. The Bertz CT molecular complexity index is 359. The van der Waals surface area contributed by atoms with Gasteiger partial charge >= 0.3 is 0 Å². The third kappa shape index (κ3) is 7.00. The Labute approximate surface area is 119 Å². The molecule has 0 saturated carbocycles. The molecule has 0 aliphatic carbocycles. The van der Waals surface area contributed by atoms with Crippen molar-refractivity contribution in [3.8, 4) is 0 Å². The van der Waals surface area contributed by atoms with Crippen molar-refractivity contribution >= 4 is 33.6 Å². The lowest BCUT2D eigenvalue weighted by Crippen LogP contribution is -2.28. The highest BCUT2D eigenvalue weighted by Crippen LogP contribution is 2.20. The van der Waals surface area contributed by atoms with Crippen molar-refractivity contribution in [3.05, 3.63) is 28.7 Å². The number of rotatable bonds is 8. The van der Waals surface area contributed by atoms with Crippen LogP contribution in [0.4, 0.5) is 0 Å². The molecule has 6 heteroatoms. The van der Waals surface area contributed by atoms with Gasteiger partial charge in [0.2, 0.25) is 5.91 Å². The summed E-state index contributed by atoms with van der Waals surface area (Å²) in [7, 11) is 0. The van der Waals surface area contributed by atoms with E-state index in [-0.39, 0.29) is 12.5 Å². The summed E-state index contributed by atoms with van der Waals surface area (Å²) >= 11 is 4.85. The molecule has 0 aromatic heterocycles. The number of carbonyl (C=O) groups excluding carboxylic acids is 1. The van der Waals surface area contributed by atoms with Crippen LogP contribution in [0.2, 0.25) is 0 Å². The van der Waals surface area contributed by atoms with Crippen molar-refractivity contribution in [1.82, 2.24) is 5.32 Å². The number of aliphatic hydroxyl groups is 1. The maximum Gasteiger partial charge on any atom is 0.230 e. The predicted octanol–water partition coefficient (Wildman–Crippen LogP) is 1.67. The zero-order valence-electron chi connectivity index (χ0n) is 9.89. The molecule has 0 unspecified atom stereocenters. The van der Waals surface area contributed by atoms with Crippen LogP contribution in [0.1, 0.15) is 0 Å².